The summed E-state index contributed by atoms with van der Waals surface area (Å²) in [6.07, 6.45) is 6.68. The van der Waals surface area contributed by atoms with Gasteiger partial charge in [0.2, 0.25) is 0 Å². The highest BCUT2D eigenvalue weighted by Gasteiger charge is 2.33. The van der Waals surface area contributed by atoms with E-state index in [1.165, 1.54) is 17.4 Å². The number of ketones is 1. The van der Waals surface area contributed by atoms with E-state index in [9.17, 15) is 9.59 Å². The number of carbonyl (C=O) groups excluding carboxylic acids is 2. The van der Waals surface area contributed by atoms with Gasteiger partial charge in [-0.25, -0.2) is 0 Å². The second-order valence-electron chi connectivity index (χ2n) is 8.24. The molecule has 146 valence electrons. The summed E-state index contributed by atoms with van der Waals surface area (Å²) in [6.45, 7) is 3.60. The number of amides is 1. The minimum Gasteiger partial charge on any atom is -0.468 e. The normalized spacial score (nSPS) is 20.7. The predicted molar refractivity (Wildman–Crippen MR) is 105 cm³/mol. The molecule has 1 aromatic heterocycles. The van der Waals surface area contributed by atoms with Crippen LogP contribution in [0.2, 0.25) is 0 Å². The number of rotatable bonds is 2. The first kappa shape index (κ1) is 17.7. The summed E-state index contributed by atoms with van der Waals surface area (Å²) in [5.41, 5.74) is 3.94. The van der Waals surface area contributed by atoms with Crippen LogP contribution in [0.25, 0.3) is 0 Å². The molecular formula is C23H26N2O3. The summed E-state index contributed by atoms with van der Waals surface area (Å²) in [7, 11) is 0. The summed E-state index contributed by atoms with van der Waals surface area (Å²) in [4.78, 5) is 29.8. The van der Waals surface area contributed by atoms with Gasteiger partial charge < -0.3 is 9.32 Å². The van der Waals surface area contributed by atoms with E-state index in [0.717, 1.165) is 58.3 Å². The van der Waals surface area contributed by atoms with Gasteiger partial charge in [0.15, 0.2) is 5.78 Å². The van der Waals surface area contributed by atoms with Gasteiger partial charge in [-0.15, -0.1) is 0 Å². The first-order valence-corrected chi connectivity index (χ1v) is 10.4. The van der Waals surface area contributed by atoms with Gasteiger partial charge in [-0.2, -0.15) is 0 Å². The van der Waals surface area contributed by atoms with Crippen LogP contribution in [-0.2, 0) is 19.4 Å². The minimum atomic E-state index is -0.0392. The summed E-state index contributed by atoms with van der Waals surface area (Å²) < 4.78 is 5.54. The molecule has 1 amide bonds. The maximum absolute atomic E-state index is 13.0. The number of piperidine rings is 1. The lowest BCUT2D eigenvalue weighted by atomic mass is 9.93. The molecule has 1 fully saturated rings. The third-order valence-corrected chi connectivity index (χ3v) is 6.61. The van der Waals surface area contributed by atoms with Crippen molar-refractivity contribution < 1.29 is 14.0 Å². The Kier molecular flexibility index (Phi) is 4.55. The Hall–Kier alpha value is -2.40. The quantitative estimate of drug-likeness (QED) is 0.803. The number of aryl methyl sites for hydroxylation is 1. The standard InChI is InChI=1S/C23H26N2O3/c26-20-6-3-7-21-22(20)19(15-28-21)23(27)24-12-9-18(10-13-24)25-11-8-16-4-1-2-5-17(16)14-25/h1-2,4-5,15,18H,3,6-14H2. The zero-order valence-electron chi connectivity index (χ0n) is 16.2. The Morgan fingerprint density at radius 1 is 1.00 bits per heavy atom. The van der Waals surface area contributed by atoms with Gasteiger partial charge in [-0.3, -0.25) is 14.5 Å². The summed E-state index contributed by atoms with van der Waals surface area (Å²) in [5.74, 6) is 0.712. The molecule has 1 saturated heterocycles. The SMILES string of the molecule is O=C1CCCc2occ(C(=O)N3CCC(N4CCc5ccccc5C4)CC3)c21. The second kappa shape index (κ2) is 7.21. The van der Waals surface area contributed by atoms with Crippen molar-refractivity contribution in [3.8, 4) is 0 Å². The molecule has 0 N–H and O–H groups in total. The highest BCUT2D eigenvalue weighted by Crippen LogP contribution is 2.29. The number of carbonyl (C=O) groups is 2. The van der Waals surface area contributed by atoms with E-state index in [1.807, 2.05) is 4.90 Å². The summed E-state index contributed by atoms with van der Waals surface area (Å²) in [5, 5.41) is 0. The van der Waals surface area contributed by atoms with Crippen LogP contribution < -0.4 is 0 Å². The van der Waals surface area contributed by atoms with Crippen LogP contribution in [0.5, 0.6) is 0 Å². The van der Waals surface area contributed by atoms with E-state index in [0.29, 0.717) is 29.3 Å². The largest absolute Gasteiger partial charge is 0.468 e. The molecule has 3 heterocycles. The van der Waals surface area contributed by atoms with Crippen molar-refractivity contribution in [2.45, 2.75) is 51.1 Å². The van der Waals surface area contributed by atoms with Gasteiger partial charge in [0, 0.05) is 45.1 Å². The average molecular weight is 378 g/mol. The van der Waals surface area contributed by atoms with Crippen LogP contribution in [0, 0.1) is 0 Å². The van der Waals surface area contributed by atoms with E-state index < -0.39 is 0 Å². The zero-order chi connectivity index (χ0) is 19.1. The molecule has 1 aliphatic carbocycles. The van der Waals surface area contributed by atoms with Gasteiger partial charge in [0.25, 0.3) is 5.91 Å². The molecule has 0 radical (unpaired) electrons. The zero-order valence-corrected chi connectivity index (χ0v) is 16.2. The maximum atomic E-state index is 13.0. The van der Waals surface area contributed by atoms with Crippen molar-refractivity contribution in [3.63, 3.8) is 0 Å². The highest BCUT2D eigenvalue weighted by atomic mass is 16.3. The molecule has 0 atom stereocenters. The lowest BCUT2D eigenvalue weighted by Crippen LogP contribution is -2.48. The molecule has 2 aromatic rings. The van der Waals surface area contributed by atoms with E-state index >= 15 is 0 Å². The van der Waals surface area contributed by atoms with E-state index in [-0.39, 0.29) is 11.7 Å². The van der Waals surface area contributed by atoms with E-state index in [2.05, 4.69) is 29.2 Å². The van der Waals surface area contributed by atoms with E-state index in [1.54, 1.807) is 0 Å². The van der Waals surface area contributed by atoms with Gasteiger partial charge >= 0.3 is 0 Å². The van der Waals surface area contributed by atoms with E-state index in [4.69, 9.17) is 4.42 Å². The lowest BCUT2D eigenvalue weighted by Gasteiger charge is -2.40. The number of likely N-dealkylation sites (tertiary alicyclic amines) is 1. The van der Waals surface area contributed by atoms with Crippen LogP contribution in [0.3, 0.4) is 0 Å². The molecule has 0 unspecified atom stereocenters. The average Bonchev–Trinajstić information content (AvgIpc) is 3.18. The van der Waals surface area contributed by atoms with Crippen molar-refractivity contribution in [1.82, 2.24) is 9.80 Å². The predicted octanol–water partition coefficient (Wildman–Crippen LogP) is 3.46. The van der Waals surface area contributed by atoms with Gasteiger partial charge in [-0.1, -0.05) is 24.3 Å². The lowest BCUT2D eigenvalue weighted by molar-refractivity contribution is 0.0596. The highest BCUT2D eigenvalue weighted by molar-refractivity contribution is 6.09. The van der Waals surface area contributed by atoms with Crippen LogP contribution in [0.4, 0.5) is 0 Å². The molecule has 0 saturated carbocycles. The second-order valence-corrected chi connectivity index (χ2v) is 8.24. The first-order valence-electron chi connectivity index (χ1n) is 10.4. The molecule has 0 spiro atoms. The topological polar surface area (TPSA) is 53.8 Å². The first-order chi connectivity index (χ1) is 13.7. The van der Waals surface area contributed by atoms with Crippen LogP contribution in [0.1, 0.15) is 63.3 Å². The van der Waals surface area contributed by atoms with Crippen LogP contribution in [-0.4, -0.2) is 47.2 Å². The van der Waals surface area contributed by atoms with Crippen molar-refractivity contribution in [1.29, 1.82) is 0 Å². The molecule has 1 aromatic carbocycles. The molecule has 5 rings (SSSR count). The monoisotopic (exact) mass is 378 g/mol. The Bertz CT molecular complexity index is 908. The van der Waals surface area contributed by atoms with Crippen LogP contribution >= 0.6 is 0 Å². The molecule has 2 aliphatic heterocycles. The summed E-state index contributed by atoms with van der Waals surface area (Å²) in [6, 6.07) is 9.24. The van der Waals surface area contributed by atoms with Gasteiger partial charge in [0.05, 0.1) is 11.1 Å². The fraction of sp³-hybridized carbons (Fsp3) is 0.478. The number of hydrogen-bond donors (Lipinski definition) is 0. The molecular weight excluding hydrogens is 352 g/mol. The number of fused-ring (bicyclic) bond motifs is 2. The number of hydrogen-bond acceptors (Lipinski definition) is 4. The van der Waals surface area contributed by atoms with Crippen molar-refractivity contribution in [2.75, 3.05) is 19.6 Å². The fourth-order valence-electron chi connectivity index (χ4n) is 5.01. The molecule has 3 aliphatic rings. The fourth-order valence-corrected chi connectivity index (χ4v) is 5.01. The van der Waals surface area contributed by atoms with Crippen LogP contribution in [0.15, 0.2) is 34.9 Å². The Balaban J connectivity index is 1.24. The smallest absolute Gasteiger partial charge is 0.257 e. The number of furan rings is 1. The maximum Gasteiger partial charge on any atom is 0.257 e. The Labute approximate surface area is 165 Å². The number of Topliss-reactive ketones (excluding diaryl/α,β-unsaturated/α-hetero) is 1. The third-order valence-electron chi connectivity index (χ3n) is 6.61. The minimum absolute atomic E-state index is 0.0392. The Morgan fingerprint density at radius 2 is 1.79 bits per heavy atom. The van der Waals surface area contributed by atoms with Crippen molar-refractivity contribution in [2.24, 2.45) is 0 Å². The van der Waals surface area contributed by atoms with Gasteiger partial charge in [-0.05, 0) is 36.8 Å². The molecule has 5 nitrogen and oxygen atoms in total. The number of nitrogens with zero attached hydrogens (tertiary/aromatic N) is 2. The number of benzene rings is 1. The van der Waals surface area contributed by atoms with Crippen molar-refractivity contribution in [3.05, 3.63) is 58.5 Å². The Morgan fingerprint density at radius 3 is 2.61 bits per heavy atom. The van der Waals surface area contributed by atoms with Gasteiger partial charge in [0.1, 0.15) is 12.0 Å². The molecule has 28 heavy (non-hydrogen) atoms. The molecule has 5 heteroatoms. The third kappa shape index (κ3) is 3.08. The molecule has 0 bridgehead atoms. The van der Waals surface area contributed by atoms with Crippen molar-refractivity contribution >= 4 is 11.7 Å². The summed E-state index contributed by atoms with van der Waals surface area (Å²) >= 11 is 0.